The van der Waals surface area contributed by atoms with Gasteiger partial charge in [0.15, 0.2) is 9.84 Å². The SMILES string of the molecule is O=C(O)CS(=O)(=O)CCN(CCc1ccccc1)Cc1ccccc1. The molecule has 2 aromatic carbocycles. The molecule has 0 fully saturated rings. The maximum Gasteiger partial charge on any atom is 0.318 e. The van der Waals surface area contributed by atoms with E-state index in [1.165, 1.54) is 5.56 Å². The number of carboxylic acid groups (broad SMARTS) is 1. The Balaban J connectivity index is 1.99. The second kappa shape index (κ2) is 9.34. The molecule has 0 aliphatic carbocycles. The Bertz CT molecular complexity index is 761. The summed E-state index contributed by atoms with van der Waals surface area (Å²) in [5.74, 6) is -2.27. The monoisotopic (exact) mass is 361 g/mol. The molecular formula is C19H23NO4S. The van der Waals surface area contributed by atoms with Gasteiger partial charge in [-0.3, -0.25) is 9.69 Å². The molecule has 0 aliphatic rings. The molecule has 0 heterocycles. The van der Waals surface area contributed by atoms with Crippen LogP contribution in [0.15, 0.2) is 60.7 Å². The minimum atomic E-state index is -3.59. The third kappa shape index (κ3) is 7.49. The number of aliphatic carboxylic acids is 1. The minimum Gasteiger partial charge on any atom is -0.480 e. The summed E-state index contributed by atoms with van der Waals surface area (Å²) >= 11 is 0. The third-order valence-electron chi connectivity index (χ3n) is 3.87. The average molecular weight is 361 g/mol. The van der Waals surface area contributed by atoms with Crippen LogP contribution in [-0.4, -0.2) is 49.0 Å². The second-order valence-corrected chi connectivity index (χ2v) is 8.17. The Morgan fingerprint density at radius 2 is 1.44 bits per heavy atom. The predicted octanol–water partition coefficient (Wildman–Crippen LogP) is 2.23. The van der Waals surface area contributed by atoms with Crippen molar-refractivity contribution in [2.45, 2.75) is 13.0 Å². The maximum atomic E-state index is 11.9. The van der Waals surface area contributed by atoms with Crippen molar-refractivity contribution < 1.29 is 18.3 Å². The van der Waals surface area contributed by atoms with Crippen LogP contribution in [0.3, 0.4) is 0 Å². The first-order valence-electron chi connectivity index (χ1n) is 8.17. The summed E-state index contributed by atoms with van der Waals surface area (Å²) in [6.45, 7) is 1.66. The number of sulfone groups is 1. The van der Waals surface area contributed by atoms with E-state index in [1.54, 1.807) is 0 Å². The normalized spacial score (nSPS) is 11.6. The van der Waals surface area contributed by atoms with E-state index in [1.807, 2.05) is 60.7 Å². The van der Waals surface area contributed by atoms with Gasteiger partial charge in [-0.25, -0.2) is 8.42 Å². The van der Waals surface area contributed by atoms with Crippen molar-refractivity contribution >= 4 is 15.8 Å². The van der Waals surface area contributed by atoms with Crippen molar-refractivity contribution in [1.82, 2.24) is 4.90 Å². The average Bonchev–Trinajstić information content (AvgIpc) is 2.58. The molecule has 0 bridgehead atoms. The van der Waals surface area contributed by atoms with E-state index in [0.29, 0.717) is 19.6 Å². The van der Waals surface area contributed by atoms with Gasteiger partial charge in [0.1, 0.15) is 5.75 Å². The minimum absolute atomic E-state index is 0.152. The summed E-state index contributed by atoms with van der Waals surface area (Å²) in [6.07, 6.45) is 0.812. The van der Waals surface area contributed by atoms with E-state index >= 15 is 0 Å². The zero-order valence-electron chi connectivity index (χ0n) is 14.0. The Hall–Kier alpha value is -2.18. The van der Waals surface area contributed by atoms with Gasteiger partial charge < -0.3 is 5.11 Å². The van der Waals surface area contributed by atoms with Crippen LogP contribution in [0.25, 0.3) is 0 Å². The van der Waals surface area contributed by atoms with Crippen molar-refractivity contribution in [1.29, 1.82) is 0 Å². The van der Waals surface area contributed by atoms with Crippen LogP contribution in [0.4, 0.5) is 0 Å². The number of hydrogen-bond donors (Lipinski definition) is 1. The molecule has 134 valence electrons. The van der Waals surface area contributed by atoms with Gasteiger partial charge in [0.25, 0.3) is 0 Å². The van der Waals surface area contributed by atoms with Gasteiger partial charge >= 0.3 is 5.97 Å². The number of nitrogens with zero attached hydrogens (tertiary/aromatic N) is 1. The predicted molar refractivity (Wildman–Crippen MR) is 98.2 cm³/mol. The highest BCUT2D eigenvalue weighted by molar-refractivity contribution is 7.92. The summed E-state index contributed by atoms with van der Waals surface area (Å²) in [5, 5.41) is 8.71. The van der Waals surface area contributed by atoms with Crippen LogP contribution >= 0.6 is 0 Å². The Labute approximate surface area is 148 Å². The highest BCUT2D eigenvalue weighted by Gasteiger charge is 2.18. The molecule has 0 aromatic heterocycles. The van der Waals surface area contributed by atoms with E-state index in [4.69, 9.17) is 5.11 Å². The van der Waals surface area contributed by atoms with E-state index in [9.17, 15) is 13.2 Å². The summed E-state index contributed by atoms with van der Waals surface area (Å²) in [7, 11) is -3.59. The van der Waals surface area contributed by atoms with Gasteiger partial charge in [-0.05, 0) is 17.5 Å². The summed E-state index contributed by atoms with van der Waals surface area (Å²) in [4.78, 5) is 12.7. The van der Waals surface area contributed by atoms with E-state index in [2.05, 4.69) is 4.90 Å². The van der Waals surface area contributed by atoms with Crippen molar-refractivity contribution in [2.24, 2.45) is 0 Å². The van der Waals surface area contributed by atoms with E-state index in [-0.39, 0.29) is 5.75 Å². The summed E-state index contributed by atoms with van der Waals surface area (Å²) < 4.78 is 23.7. The third-order valence-corrected chi connectivity index (χ3v) is 5.36. The van der Waals surface area contributed by atoms with Gasteiger partial charge in [0, 0.05) is 19.6 Å². The highest BCUT2D eigenvalue weighted by atomic mass is 32.2. The van der Waals surface area contributed by atoms with Gasteiger partial charge in [-0.1, -0.05) is 60.7 Å². The fourth-order valence-corrected chi connectivity index (χ4v) is 3.63. The standard InChI is InChI=1S/C19H23NO4S/c21-19(22)16-25(23,24)14-13-20(15-18-9-5-2-6-10-18)12-11-17-7-3-1-4-8-17/h1-10H,11-16H2,(H,21,22). The smallest absolute Gasteiger partial charge is 0.318 e. The summed E-state index contributed by atoms with van der Waals surface area (Å²) in [6, 6.07) is 19.9. The number of rotatable bonds is 10. The zero-order valence-corrected chi connectivity index (χ0v) is 14.9. The quantitative estimate of drug-likeness (QED) is 0.702. The lowest BCUT2D eigenvalue weighted by Gasteiger charge is -2.22. The first kappa shape index (κ1) is 19.1. The molecule has 5 nitrogen and oxygen atoms in total. The van der Waals surface area contributed by atoms with Crippen LogP contribution in [0, 0.1) is 0 Å². The Kier molecular flexibility index (Phi) is 7.16. The molecule has 0 spiro atoms. The van der Waals surface area contributed by atoms with Crippen LogP contribution in [-0.2, 0) is 27.6 Å². The lowest BCUT2D eigenvalue weighted by Crippen LogP contribution is -2.32. The molecule has 0 saturated heterocycles. The van der Waals surface area contributed by atoms with E-state index in [0.717, 1.165) is 12.0 Å². The van der Waals surface area contributed by atoms with Gasteiger partial charge in [-0.2, -0.15) is 0 Å². The van der Waals surface area contributed by atoms with Gasteiger partial charge in [0.2, 0.25) is 0 Å². The van der Waals surface area contributed by atoms with Gasteiger partial charge in [0.05, 0.1) is 5.75 Å². The molecule has 0 radical (unpaired) electrons. The molecule has 0 unspecified atom stereocenters. The number of hydrogen-bond acceptors (Lipinski definition) is 4. The summed E-state index contributed by atoms with van der Waals surface area (Å²) in [5.41, 5.74) is 2.29. The first-order chi connectivity index (χ1) is 11.9. The van der Waals surface area contributed by atoms with Crippen LogP contribution in [0.2, 0.25) is 0 Å². The zero-order chi connectivity index (χ0) is 18.1. The van der Waals surface area contributed by atoms with Crippen LogP contribution in [0.1, 0.15) is 11.1 Å². The molecule has 6 heteroatoms. The molecule has 1 N–H and O–H groups in total. The van der Waals surface area contributed by atoms with Crippen molar-refractivity contribution in [3.05, 3.63) is 71.8 Å². The largest absolute Gasteiger partial charge is 0.480 e. The fraction of sp³-hybridized carbons (Fsp3) is 0.316. The number of carboxylic acids is 1. The molecule has 0 atom stereocenters. The highest BCUT2D eigenvalue weighted by Crippen LogP contribution is 2.08. The van der Waals surface area contributed by atoms with Crippen molar-refractivity contribution in [3.63, 3.8) is 0 Å². The van der Waals surface area contributed by atoms with Crippen LogP contribution < -0.4 is 0 Å². The molecule has 2 aromatic rings. The molecule has 0 saturated carbocycles. The number of carbonyl (C=O) groups is 1. The lowest BCUT2D eigenvalue weighted by atomic mass is 10.1. The Morgan fingerprint density at radius 3 is 2.00 bits per heavy atom. The number of benzene rings is 2. The first-order valence-corrected chi connectivity index (χ1v) is 9.99. The molecule has 2 rings (SSSR count). The molecule has 0 amide bonds. The topological polar surface area (TPSA) is 74.7 Å². The Morgan fingerprint density at radius 1 is 0.880 bits per heavy atom. The van der Waals surface area contributed by atoms with Gasteiger partial charge in [-0.15, -0.1) is 0 Å². The van der Waals surface area contributed by atoms with E-state index < -0.39 is 21.6 Å². The van der Waals surface area contributed by atoms with Crippen LogP contribution in [0.5, 0.6) is 0 Å². The van der Waals surface area contributed by atoms with Crippen molar-refractivity contribution in [2.75, 3.05) is 24.6 Å². The lowest BCUT2D eigenvalue weighted by molar-refractivity contribution is -0.134. The molecule has 25 heavy (non-hydrogen) atoms. The molecular weight excluding hydrogens is 338 g/mol. The second-order valence-electron chi connectivity index (χ2n) is 5.98. The molecule has 0 aliphatic heterocycles. The van der Waals surface area contributed by atoms with Crippen molar-refractivity contribution in [3.8, 4) is 0 Å². The maximum absolute atomic E-state index is 11.9. The fourth-order valence-electron chi connectivity index (χ4n) is 2.57.